The topological polar surface area (TPSA) is 108 Å². The summed E-state index contributed by atoms with van der Waals surface area (Å²) in [5.74, 6) is -0.955. The molecule has 0 saturated heterocycles. The Labute approximate surface area is 195 Å². The molecule has 0 bridgehead atoms. The molecular formula is C24H31NO7S. The van der Waals surface area contributed by atoms with Crippen molar-refractivity contribution in [2.75, 3.05) is 6.54 Å². The van der Waals surface area contributed by atoms with Crippen LogP contribution in [0.5, 0.6) is 5.75 Å². The van der Waals surface area contributed by atoms with Crippen molar-refractivity contribution in [3.63, 3.8) is 0 Å². The van der Waals surface area contributed by atoms with E-state index in [1.807, 2.05) is 0 Å². The molecule has 1 unspecified atom stereocenters. The molecule has 2 aromatic rings. The Bertz CT molecular complexity index is 1030. The van der Waals surface area contributed by atoms with Crippen molar-refractivity contribution < 1.29 is 31.7 Å². The maximum Gasteiger partial charge on any atom is 0.407 e. The smallest absolute Gasteiger partial charge is 0.407 e. The molecule has 1 N–H and O–H groups in total. The molecule has 0 aliphatic rings. The summed E-state index contributed by atoms with van der Waals surface area (Å²) in [6.45, 7) is 8.77. The monoisotopic (exact) mass is 477 g/mol. The SMILES string of the molecule is CC(C)OC(=O)C(CNC(=O)OC(C)(C)C)Cc1ccc(OS(=O)(=O)c2ccccc2)cc1. The Kier molecular flexibility index (Phi) is 8.87. The highest BCUT2D eigenvalue weighted by Crippen LogP contribution is 2.21. The quantitative estimate of drug-likeness (QED) is 0.428. The van der Waals surface area contributed by atoms with Gasteiger partial charge in [-0.3, -0.25) is 4.79 Å². The molecule has 9 heteroatoms. The van der Waals surface area contributed by atoms with Crippen LogP contribution in [0.1, 0.15) is 40.2 Å². The first-order valence-electron chi connectivity index (χ1n) is 10.6. The van der Waals surface area contributed by atoms with Crippen LogP contribution in [0.4, 0.5) is 4.79 Å². The van der Waals surface area contributed by atoms with E-state index in [9.17, 15) is 18.0 Å². The van der Waals surface area contributed by atoms with Crippen LogP contribution in [-0.4, -0.2) is 38.7 Å². The van der Waals surface area contributed by atoms with Crippen LogP contribution in [0.2, 0.25) is 0 Å². The van der Waals surface area contributed by atoms with Gasteiger partial charge in [0.1, 0.15) is 16.2 Å². The van der Waals surface area contributed by atoms with Gasteiger partial charge >= 0.3 is 22.2 Å². The van der Waals surface area contributed by atoms with E-state index in [0.717, 1.165) is 5.56 Å². The van der Waals surface area contributed by atoms with Crippen LogP contribution in [0.3, 0.4) is 0 Å². The van der Waals surface area contributed by atoms with E-state index in [4.69, 9.17) is 13.7 Å². The molecule has 2 rings (SSSR count). The van der Waals surface area contributed by atoms with Crippen LogP contribution in [0.15, 0.2) is 59.5 Å². The molecule has 0 aliphatic heterocycles. The second-order valence-corrected chi connectivity index (χ2v) is 10.3. The lowest BCUT2D eigenvalue weighted by Gasteiger charge is -2.22. The van der Waals surface area contributed by atoms with Gasteiger partial charge in [-0.05, 0) is 70.9 Å². The van der Waals surface area contributed by atoms with Crippen molar-refractivity contribution in [1.29, 1.82) is 0 Å². The lowest BCUT2D eigenvalue weighted by Crippen LogP contribution is -2.38. The first kappa shape index (κ1) is 26.2. The van der Waals surface area contributed by atoms with Crippen LogP contribution >= 0.6 is 0 Å². The highest BCUT2D eigenvalue weighted by Gasteiger charge is 2.24. The molecule has 0 radical (unpaired) electrons. The fourth-order valence-corrected chi connectivity index (χ4v) is 3.77. The highest BCUT2D eigenvalue weighted by atomic mass is 32.2. The van der Waals surface area contributed by atoms with Gasteiger partial charge in [-0.15, -0.1) is 0 Å². The molecule has 180 valence electrons. The number of hydrogen-bond acceptors (Lipinski definition) is 7. The van der Waals surface area contributed by atoms with Crippen molar-refractivity contribution in [1.82, 2.24) is 5.32 Å². The van der Waals surface area contributed by atoms with Gasteiger partial charge in [0.25, 0.3) is 0 Å². The van der Waals surface area contributed by atoms with Gasteiger partial charge in [0.05, 0.1) is 12.0 Å². The summed E-state index contributed by atoms with van der Waals surface area (Å²) < 4.78 is 40.5. The van der Waals surface area contributed by atoms with Crippen molar-refractivity contribution in [2.45, 2.75) is 57.6 Å². The Morgan fingerprint density at radius 3 is 2.12 bits per heavy atom. The van der Waals surface area contributed by atoms with Crippen molar-refractivity contribution in [3.05, 3.63) is 60.2 Å². The number of rotatable bonds is 9. The fraction of sp³-hybridized carbons (Fsp3) is 0.417. The summed E-state index contributed by atoms with van der Waals surface area (Å²) in [5, 5.41) is 2.61. The van der Waals surface area contributed by atoms with Gasteiger partial charge in [0.2, 0.25) is 0 Å². The maximum absolute atomic E-state index is 12.5. The number of nitrogens with one attached hydrogen (secondary N) is 1. The first-order chi connectivity index (χ1) is 15.4. The first-order valence-corrected chi connectivity index (χ1v) is 12.0. The minimum Gasteiger partial charge on any atom is -0.463 e. The second kappa shape index (κ2) is 11.2. The molecule has 1 amide bonds. The average Bonchev–Trinajstić information content (AvgIpc) is 2.71. The largest absolute Gasteiger partial charge is 0.463 e. The zero-order valence-electron chi connectivity index (χ0n) is 19.5. The van der Waals surface area contributed by atoms with E-state index in [0.29, 0.717) is 0 Å². The van der Waals surface area contributed by atoms with Gasteiger partial charge in [-0.1, -0.05) is 30.3 Å². The third kappa shape index (κ3) is 9.13. The molecule has 0 fully saturated rings. The molecule has 0 saturated carbocycles. The van der Waals surface area contributed by atoms with Crippen LogP contribution in [-0.2, 0) is 30.8 Å². The number of amides is 1. The van der Waals surface area contributed by atoms with E-state index >= 15 is 0 Å². The molecule has 0 spiro atoms. The van der Waals surface area contributed by atoms with Crippen LogP contribution in [0.25, 0.3) is 0 Å². The van der Waals surface area contributed by atoms with Crippen LogP contribution < -0.4 is 9.50 Å². The van der Waals surface area contributed by atoms with Crippen molar-refractivity contribution in [3.8, 4) is 5.75 Å². The molecule has 1 atom stereocenters. The van der Waals surface area contributed by atoms with Gasteiger partial charge < -0.3 is 19.0 Å². The second-order valence-electron chi connectivity index (χ2n) is 8.76. The standard InChI is InChI=1S/C24H31NO7S/c1-17(2)30-22(26)19(16-25-23(27)31-24(3,4)5)15-18-11-13-20(14-12-18)32-33(28,29)21-9-7-6-8-10-21/h6-14,17,19H,15-16H2,1-5H3,(H,25,27). The van der Waals surface area contributed by atoms with Gasteiger partial charge in [-0.2, -0.15) is 8.42 Å². The van der Waals surface area contributed by atoms with Crippen LogP contribution in [0, 0.1) is 5.92 Å². The normalized spacial score (nSPS) is 12.7. The summed E-state index contributed by atoms with van der Waals surface area (Å²) >= 11 is 0. The number of carbonyl (C=O) groups excluding carboxylic acids is 2. The molecule has 0 aliphatic carbocycles. The highest BCUT2D eigenvalue weighted by molar-refractivity contribution is 7.87. The third-order valence-electron chi connectivity index (χ3n) is 4.22. The van der Waals surface area contributed by atoms with Gasteiger partial charge in [0, 0.05) is 6.54 Å². The Hall–Kier alpha value is -3.07. The molecule has 33 heavy (non-hydrogen) atoms. The lowest BCUT2D eigenvalue weighted by molar-refractivity contribution is -0.152. The van der Waals surface area contributed by atoms with E-state index in [1.54, 1.807) is 65.0 Å². The summed E-state index contributed by atoms with van der Waals surface area (Å²) in [7, 11) is -3.94. The van der Waals surface area contributed by atoms with Crippen molar-refractivity contribution >= 4 is 22.2 Å². The number of esters is 1. The summed E-state index contributed by atoms with van der Waals surface area (Å²) in [6, 6.07) is 14.2. The van der Waals surface area contributed by atoms with E-state index in [2.05, 4.69) is 5.32 Å². The number of carbonyl (C=O) groups is 2. The van der Waals surface area contributed by atoms with Crippen molar-refractivity contribution in [2.24, 2.45) is 5.92 Å². The van der Waals surface area contributed by atoms with Gasteiger partial charge in [0.15, 0.2) is 0 Å². The minimum absolute atomic E-state index is 0.0289. The van der Waals surface area contributed by atoms with E-state index in [-0.39, 0.29) is 29.7 Å². The Morgan fingerprint density at radius 2 is 1.58 bits per heavy atom. The summed E-state index contributed by atoms with van der Waals surface area (Å²) in [4.78, 5) is 24.6. The Balaban J connectivity index is 2.07. The summed E-state index contributed by atoms with van der Waals surface area (Å²) in [5.41, 5.74) is 0.0876. The number of ether oxygens (including phenoxy) is 2. The predicted molar refractivity (Wildman–Crippen MR) is 123 cm³/mol. The molecule has 2 aromatic carbocycles. The zero-order valence-corrected chi connectivity index (χ0v) is 20.3. The lowest BCUT2D eigenvalue weighted by atomic mass is 9.99. The summed E-state index contributed by atoms with van der Waals surface area (Å²) in [6.07, 6.45) is -0.659. The minimum atomic E-state index is -3.94. The van der Waals surface area contributed by atoms with E-state index in [1.165, 1.54) is 24.3 Å². The zero-order chi connectivity index (χ0) is 24.6. The predicted octanol–water partition coefficient (Wildman–Crippen LogP) is 4.09. The van der Waals surface area contributed by atoms with E-state index < -0.39 is 33.7 Å². The molecular weight excluding hydrogens is 446 g/mol. The number of benzene rings is 2. The molecule has 0 aromatic heterocycles. The third-order valence-corrected chi connectivity index (χ3v) is 5.48. The average molecular weight is 478 g/mol. The maximum atomic E-state index is 12.5. The number of alkyl carbamates (subject to hydrolysis) is 1. The fourth-order valence-electron chi connectivity index (χ4n) is 2.82. The Morgan fingerprint density at radius 1 is 0.970 bits per heavy atom. The molecule has 0 heterocycles. The number of hydrogen-bond donors (Lipinski definition) is 1. The molecule has 8 nitrogen and oxygen atoms in total. The van der Waals surface area contributed by atoms with Gasteiger partial charge in [-0.25, -0.2) is 4.79 Å².